The van der Waals surface area contributed by atoms with E-state index in [1.807, 2.05) is 0 Å². The summed E-state index contributed by atoms with van der Waals surface area (Å²) in [6.45, 7) is 7.07. The molecule has 12 heteroatoms. The molecule has 0 radical (unpaired) electrons. The molecule has 0 aromatic carbocycles. The number of carbonyl (C=O) groups excluding carboxylic acids is 5. The van der Waals surface area contributed by atoms with Crippen LogP contribution in [-0.4, -0.2) is 80.2 Å². The summed E-state index contributed by atoms with van der Waals surface area (Å²) >= 11 is 0. The molecular formula is C25H41NO11. The summed E-state index contributed by atoms with van der Waals surface area (Å²) in [6.07, 6.45) is 1.30. The summed E-state index contributed by atoms with van der Waals surface area (Å²) < 4.78 is 32.6. The van der Waals surface area contributed by atoms with Gasteiger partial charge >= 0.3 is 23.9 Å². The fraction of sp³-hybridized carbons (Fsp3) is 0.800. The first kappa shape index (κ1) is 32.3. The number of hydrogen-bond acceptors (Lipinski definition) is 11. The van der Waals surface area contributed by atoms with Gasteiger partial charge in [-0.15, -0.1) is 0 Å². The number of nitrogens with one attached hydrogen (secondary N) is 1. The molecule has 12 nitrogen and oxygen atoms in total. The molecule has 212 valence electrons. The maximum atomic E-state index is 11.9. The first-order valence-corrected chi connectivity index (χ1v) is 12.7. The van der Waals surface area contributed by atoms with E-state index in [1.54, 1.807) is 6.92 Å². The Balaban J connectivity index is 2.76. The molecule has 0 aromatic rings. The van der Waals surface area contributed by atoms with Gasteiger partial charge in [0.2, 0.25) is 5.91 Å². The van der Waals surface area contributed by atoms with Crippen molar-refractivity contribution in [3.05, 3.63) is 0 Å². The third kappa shape index (κ3) is 13.4. The van der Waals surface area contributed by atoms with Crippen LogP contribution in [0.5, 0.6) is 0 Å². The third-order valence-corrected chi connectivity index (χ3v) is 5.43. The van der Waals surface area contributed by atoms with Gasteiger partial charge in [-0.25, -0.2) is 0 Å². The summed E-state index contributed by atoms with van der Waals surface area (Å²) in [5.41, 5.74) is 0. The van der Waals surface area contributed by atoms with Crippen LogP contribution in [0.3, 0.4) is 0 Å². The second kappa shape index (κ2) is 17.7. The van der Waals surface area contributed by atoms with E-state index in [9.17, 15) is 24.0 Å². The van der Waals surface area contributed by atoms with E-state index in [-0.39, 0.29) is 19.2 Å². The van der Waals surface area contributed by atoms with Gasteiger partial charge in [0.05, 0.1) is 6.61 Å². The Kier molecular flexibility index (Phi) is 15.4. The largest absolute Gasteiger partial charge is 0.466 e. The zero-order chi connectivity index (χ0) is 27.8. The van der Waals surface area contributed by atoms with Gasteiger partial charge in [0.1, 0.15) is 18.8 Å². The molecule has 1 N–H and O–H groups in total. The van der Waals surface area contributed by atoms with Crippen molar-refractivity contribution >= 4 is 29.8 Å². The molecule has 1 rings (SSSR count). The van der Waals surface area contributed by atoms with Gasteiger partial charge < -0.3 is 33.7 Å². The molecule has 0 aromatic heterocycles. The molecule has 5 atom stereocenters. The van der Waals surface area contributed by atoms with Gasteiger partial charge in [-0.3, -0.25) is 24.0 Å². The highest BCUT2D eigenvalue weighted by atomic mass is 16.7. The minimum atomic E-state index is -1.15. The number of rotatable bonds is 16. The van der Waals surface area contributed by atoms with Crippen LogP contribution < -0.4 is 5.32 Å². The third-order valence-electron chi connectivity index (χ3n) is 5.43. The summed E-state index contributed by atoms with van der Waals surface area (Å²) in [5.74, 6) is -2.50. The zero-order valence-corrected chi connectivity index (χ0v) is 22.4. The standard InChI is InChI=1S/C25H41NO11/c1-6-32-21(31)13-11-9-7-8-10-12-14-33-25-22(26-16(2)27)24(36-19(5)30)23(35-18(4)29)20(37-25)15-34-17(3)28/h20,22-25H,6-15H2,1-5H3,(H,26,27)/t20-,22+,23-,24-,25+/m1/s1. The predicted octanol–water partition coefficient (Wildman–Crippen LogP) is 1.95. The summed E-state index contributed by atoms with van der Waals surface area (Å²) in [6, 6.07) is -0.970. The van der Waals surface area contributed by atoms with Gasteiger partial charge in [0, 0.05) is 40.7 Å². The maximum Gasteiger partial charge on any atom is 0.305 e. The Morgan fingerprint density at radius 3 is 1.92 bits per heavy atom. The number of hydrogen-bond donors (Lipinski definition) is 1. The van der Waals surface area contributed by atoms with Crippen LogP contribution in [0.4, 0.5) is 0 Å². The second-order valence-corrected chi connectivity index (χ2v) is 8.77. The van der Waals surface area contributed by atoms with Crippen molar-refractivity contribution in [1.29, 1.82) is 0 Å². The molecule has 0 saturated carbocycles. The summed E-state index contributed by atoms with van der Waals surface area (Å²) in [7, 11) is 0. The van der Waals surface area contributed by atoms with Crippen molar-refractivity contribution in [2.24, 2.45) is 0 Å². The van der Waals surface area contributed by atoms with Gasteiger partial charge in [-0.2, -0.15) is 0 Å². The van der Waals surface area contributed by atoms with E-state index in [1.165, 1.54) is 27.7 Å². The number of unbranched alkanes of at least 4 members (excludes halogenated alkanes) is 5. The Labute approximate surface area is 218 Å². The lowest BCUT2D eigenvalue weighted by Gasteiger charge is -2.44. The number of carbonyl (C=O) groups is 5. The Bertz CT molecular complexity index is 757. The number of ether oxygens (including phenoxy) is 6. The Morgan fingerprint density at radius 1 is 0.757 bits per heavy atom. The first-order valence-electron chi connectivity index (χ1n) is 12.7. The molecule has 37 heavy (non-hydrogen) atoms. The second-order valence-electron chi connectivity index (χ2n) is 8.77. The molecule has 1 amide bonds. The van der Waals surface area contributed by atoms with E-state index >= 15 is 0 Å². The molecule has 1 fully saturated rings. The quantitative estimate of drug-likeness (QED) is 0.177. The fourth-order valence-electron chi connectivity index (χ4n) is 3.94. The van der Waals surface area contributed by atoms with Crippen molar-refractivity contribution in [2.45, 2.75) is 110 Å². The van der Waals surface area contributed by atoms with Crippen LogP contribution in [-0.2, 0) is 52.4 Å². The van der Waals surface area contributed by atoms with E-state index in [0.717, 1.165) is 32.1 Å². The minimum Gasteiger partial charge on any atom is -0.466 e. The van der Waals surface area contributed by atoms with Gasteiger partial charge in [-0.05, 0) is 19.8 Å². The van der Waals surface area contributed by atoms with Crippen LogP contribution in [0.2, 0.25) is 0 Å². The lowest BCUT2D eigenvalue weighted by molar-refractivity contribution is -0.277. The average Bonchev–Trinajstić information content (AvgIpc) is 2.79. The molecule has 1 saturated heterocycles. The summed E-state index contributed by atoms with van der Waals surface area (Å²) in [5, 5.41) is 2.67. The monoisotopic (exact) mass is 531 g/mol. The van der Waals surface area contributed by atoms with Crippen LogP contribution in [0, 0.1) is 0 Å². The molecule has 1 aliphatic rings. The Hall–Kier alpha value is -2.73. The molecule has 0 spiro atoms. The molecule has 0 unspecified atom stereocenters. The van der Waals surface area contributed by atoms with Crippen molar-refractivity contribution in [1.82, 2.24) is 5.32 Å². The van der Waals surface area contributed by atoms with E-state index in [2.05, 4.69) is 5.32 Å². The maximum absolute atomic E-state index is 11.9. The first-order chi connectivity index (χ1) is 17.5. The number of amides is 1. The van der Waals surface area contributed by atoms with Crippen molar-refractivity contribution < 1.29 is 52.4 Å². The molecule has 1 aliphatic heterocycles. The molecule has 1 heterocycles. The van der Waals surface area contributed by atoms with Crippen LogP contribution in [0.25, 0.3) is 0 Å². The van der Waals surface area contributed by atoms with Crippen molar-refractivity contribution in [3.8, 4) is 0 Å². The summed E-state index contributed by atoms with van der Waals surface area (Å²) in [4.78, 5) is 58.3. The lowest BCUT2D eigenvalue weighted by Crippen LogP contribution is -2.66. The highest BCUT2D eigenvalue weighted by molar-refractivity contribution is 5.73. The number of esters is 4. The van der Waals surface area contributed by atoms with Gasteiger partial charge in [0.15, 0.2) is 18.5 Å². The SMILES string of the molecule is CCOC(=O)CCCCCCCCO[C@H]1O[C@H](COC(C)=O)[C@@H](OC(C)=O)[C@H](OC(C)=O)[C@@H]1NC(C)=O. The topological polar surface area (TPSA) is 153 Å². The highest BCUT2D eigenvalue weighted by Gasteiger charge is 2.51. The Morgan fingerprint density at radius 2 is 1.35 bits per heavy atom. The highest BCUT2D eigenvalue weighted by Crippen LogP contribution is 2.28. The van der Waals surface area contributed by atoms with Crippen molar-refractivity contribution in [2.75, 3.05) is 19.8 Å². The minimum absolute atomic E-state index is 0.174. The van der Waals surface area contributed by atoms with E-state index in [0.29, 0.717) is 19.4 Å². The van der Waals surface area contributed by atoms with E-state index in [4.69, 9.17) is 28.4 Å². The normalized spacial score (nSPS) is 23.0. The lowest BCUT2D eigenvalue weighted by atomic mass is 9.96. The smallest absolute Gasteiger partial charge is 0.305 e. The van der Waals surface area contributed by atoms with Crippen LogP contribution in [0.1, 0.15) is 79.6 Å². The predicted molar refractivity (Wildman–Crippen MR) is 129 cm³/mol. The van der Waals surface area contributed by atoms with Gasteiger partial charge in [-0.1, -0.05) is 25.7 Å². The molecular weight excluding hydrogens is 490 g/mol. The molecule has 0 bridgehead atoms. The van der Waals surface area contributed by atoms with Crippen molar-refractivity contribution in [3.63, 3.8) is 0 Å². The molecule has 0 aliphatic carbocycles. The van der Waals surface area contributed by atoms with E-state index < -0.39 is 54.5 Å². The van der Waals surface area contributed by atoms with Crippen LogP contribution in [0.15, 0.2) is 0 Å². The zero-order valence-electron chi connectivity index (χ0n) is 22.4. The average molecular weight is 532 g/mol. The van der Waals surface area contributed by atoms with Crippen LogP contribution >= 0.6 is 0 Å². The van der Waals surface area contributed by atoms with Gasteiger partial charge in [0.25, 0.3) is 0 Å². The fourth-order valence-corrected chi connectivity index (χ4v) is 3.94.